The van der Waals surface area contributed by atoms with E-state index in [9.17, 15) is 0 Å². The SMILES string of the molecule is CCNc1nc(NC2CC2(C)C)nc(N2CCOCC2)n1. The second-order valence-electron chi connectivity index (χ2n) is 6.30. The normalized spacial score (nSPS) is 23.8. The summed E-state index contributed by atoms with van der Waals surface area (Å²) in [6.45, 7) is 10.4. The average Bonchev–Trinajstić information content (AvgIpc) is 3.06. The van der Waals surface area contributed by atoms with Crippen LogP contribution in [-0.2, 0) is 4.74 Å². The molecule has 1 aliphatic carbocycles. The smallest absolute Gasteiger partial charge is 0.232 e. The van der Waals surface area contributed by atoms with Crippen molar-refractivity contribution in [2.45, 2.75) is 33.2 Å². The van der Waals surface area contributed by atoms with Crippen LogP contribution in [0.25, 0.3) is 0 Å². The molecular formula is C14H24N6O. The number of rotatable bonds is 5. The molecule has 0 spiro atoms. The van der Waals surface area contributed by atoms with Gasteiger partial charge in [-0.25, -0.2) is 0 Å². The van der Waals surface area contributed by atoms with Crippen LogP contribution in [0.5, 0.6) is 0 Å². The van der Waals surface area contributed by atoms with Gasteiger partial charge in [0.2, 0.25) is 17.8 Å². The number of hydrogen-bond donors (Lipinski definition) is 2. The van der Waals surface area contributed by atoms with Gasteiger partial charge in [-0.1, -0.05) is 13.8 Å². The van der Waals surface area contributed by atoms with Gasteiger partial charge < -0.3 is 20.3 Å². The Kier molecular flexibility index (Phi) is 3.84. The third-order valence-corrected chi connectivity index (χ3v) is 4.07. The number of nitrogens with zero attached hydrogens (tertiary/aromatic N) is 4. The van der Waals surface area contributed by atoms with Crippen molar-refractivity contribution in [1.29, 1.82) is 0 Å². The molecule has 0 bridgehead atoms. The van der Waals surface area contributed by atoms with Gasteiger partial charge >= 0.3 is 0 Å². The largest absolute Gasteiger partial charge is 0.378 e. The lowest BCUT2D eigenvalue weighted by Gasteiger charge is -2.27. The molecule has 2 fully saturated rings. The van der Waals surface area contributed by atoms with Crippen molar-refractivity contribution in [1.82, 2.24) is 15.0 Å². The van der Waals surface area contributed by atoms with Gasteiger partial charge in [0, 0.05) is 25.7 Å². The zero-order valence-corrected chi connectivity index (χ0v) is 13.0. The van der Waals surface area contributed by atoms with Crippen LogP contribution in [0, 0.1) is 5.41 Å². The van der Waals surface area contributed by atoms with Crippen LogP contribution in [0.4, 0.5) is 17.8 Å². The molecule has 0 aromatic carbocycles. The van der Waals surface area contributed by atoms with Gasteiger partial charge in [-0.05, 0) is 18.8 Å². The van der Waals surface area contributed by atoms with Crippen LogP contribution in [-0.4, -0.2) is 53.8 Å². The lowest BCUT2D eigenvalue weighted by Crippen LogP contribution is -2.37. The minimum atomic E-state index is 0.337. The summed E-state index contributed by atoms with van der Waals surface area (Å²) in [7, 11) is 0. The van der Waals surface area contributed by atoms with Crippen molar-refractivity contribution in [2.24, 2.45) is 5.41 Å². The lowest BCUT2D eigenvalue weighted by molar-refractivity contribution is 0.122. The number of anilines is 3. The van der Waals surface area contributed by atoms with E-state index in [2.05, 4.69) is 44.3 Å². The minimum absolute atomic E-state index is 0.337. The fraction of sp³-hybridized carbons (Fsp3) is 0.786. The highest BCUT2D eigenvalue weighted by Gasteiger charge is 2.46. The number of aromatic nitrogens is 3. The zero-order chi connectivity index (χ0) is 14.9. The molecule has 1 saturated heterocycles. The van der Waals surface area contributed by atoms with Crippen LogP contribution < -0.4 is 15.5 Å². The maximum Gasteiger partial charge on any atom is 0.232 e. The van der Waals surface area contributed by atoms with Crippen molar-refractivity contribution in [3.8, 4) is 0 Å². The second kappa shape index (κ2) is 5.63. The molecule has 0 amide bonds. The first-order valence-corrected chi connectivity index (χ1v) is 7.67. The highest BCUT2D eigenvalue weighted by Crippen LogP contribution is 2.46. The Morgan fingerprint density at radius 3 is 2.48 bits per heavy atom. The molecule has 116 valence electrons. The van der Waals surface area contributed by atoms with Gasteiger partial charge in [-0.2, -0.15) is 15.0 Å². The monoisotopic (exact) mass is 292 g/mol. The van der Waals surface area contributed by atoms with E-state index in [1.165, 1.54) is 0 Å². The van der Waals surface area contributed by atoms with Gasteiger partial charge in [0.25, 0.3) is 0 Å². The van der Waals surface area contributed by atoms with Crippen molar-refractivity contribution >= 4 is 17.8 Å². The van der Waals surface area contributed by atoms with Crippen LogP contribution in [0.2, 0.25) is 0 Å². The van der Waals surface area contributed by atoms with E-state index < -0.39 is 0 Å². The summed E-state index contributed by atoms with van der Waals surface area (Å²) in [5, 5.41) is 6.61. The summed E-state index contributed by atoms with van der Waals surface area (Å²) in [6.07, 6.45) is 1.15. The molecule has 1 aliphatic heterocycles. The number of hydrogen-bond acceptors (Lipinski definition) is 7. The topological polar surface area (TPSA) is 75.2 Å². The van der Waals surface area contributed by atoms with E-state index in [0.717, 1.165) is 45.2 Å². The summed E-state index contributed by atoms with van der Waals surface area (Å²) in [5.41, 5.74) is 0.337. The van der Waals surface area contributed by atoms with Gasteiger partial charge in [-0.3, -0.25) is 0 Å². The Balaban J connectivity index is 1.79. The van der Waals surface area contributed by atoms with Crippen molar-refractivity contribution in [3.05, 3.63) is 0 Å². The molecule has 7 nitrogen and oxygen atoms in total. The van der Waals surface area contributed by atoms with E-state index in [1.54, 1.807) is 0 Å². The Bertz CT molecular complexity index is 500. The van der Waals surface area contributed by atoms with E-state index in [1.807, 2.05) is 6.92 Å². The molecule has 2 heterocycles. The number of morpholine rings is 1. The van der Waals surface area contributed by atoms with E-state index in [-0.39, 0.29) is 0 Å². The van der Waals surface area contributed by atoms with E-state index in [4.69, 9.17) is 4.74 Å². The molecule has 0 radical (unpaired) electrons. The first-order chi connectivity index (χ1) is 10.1. The number of ether oxygens (including phenoxy) is 1. The molecular weight excluding hydrogens is 268 g/mol. The Labute approximate surface area is 125 Å². The highest BCUT2D eigenvalue weighted by atomic mass is 16.5. The van der Waals surface area contributed by atoms with E-state index in [0.29, 0.717) is 23.4 Å². The summed E-state index contributed by atoms with van der Waals surface area (Å²) < 4.78 is 5.39. The fourth-order valence-electron chi connectivity index (χ4n) is 2.44. The standard InChI is InChI=1S/C14H24N6O/c1-4-15-11-17-12(16-10-9-14(10,2)3)19-13(18-11)20-5-7-21-8-6-20/h10H,4-9H2,1-3H3,(H2,15,16,17,18,19). The van der Waals surface area contributed by atoms with Crippen LogP contribution >= 0.6 is 0 Å². The van der Waals surface area contributed by atoms with Gasteiger partial charge in [0.05, 0.1) is 13.2 Å². The van der Waals surface area contributed by atoms with Crippen molar-refractivity contribution in [2.75, 3.05) is 48.4 Å². The van der Waals surface area contributed by atoms with Gasteiger partial charge in [0.1, 0.15) is 0 Å². The molecule has 21 heavy (non-hydrogen) atoms. The molecule has 1 atom stereocenters. The van der Waals surface area contributed by atoms with E-state index >= 15 is 0 Å². The predicted molar refractivity (Wildman–Crippen MR) is 82.8 cm³/mol. The molecule has 1 saturated carbocycles. The van der Waals surface area contributed by atoms with Gasteiger partial charge in [0.15, 0.2) is 0 Å². The minimum Gasteiger partial charge on any atom is -0.378 e. The summed E-state index contributed by atoms with van der Waals surface area (Å²) >= 11 is 0. The maximum absolute atomic E-state index is 5.39. The Morgan fingerprint density at radius 1 is 1.19 bits per heavy atom. The predicted octanol–water partition coefficient (Wildman–Crippen LogP) is 1.35. The summed E-state index contributed by atoms with van der Waals surface area (Å²) in [6, 6.07) is 0.451. The van der Waals surface area contributed by atoms with Crippen molar-refractivity contribution in [3.63, 3.8) is 0 Å². The Hall–Kier alpha value is -1.63. The van der Waals surface area contributed by atoms with Crippen LogP contribution in [0.1, 0.15) is 27.2 Å². The molecule has 2 aliphatic rings. The third kappa shape index (κ3) is 3.34. The summed E-state index contributed by atoms with van der Waals surface area (Å²) in [4.78, 5) is 15.7. The van der Waals surface area contributed by atoms with Gasteiger partial charge in [-0.15, -0.1) is 0 Å². The zero-order valence-electron chi connectivity index (χ0n) is 13.0. The first kappa shape index (κ1) is 14.3. The Morgan fingerprint density at radius 2 is 1.86 bits per heavy atom. The molecule has 1 aromatic rings. The van der Waals surface area contributed by atoms with Crippen molar-refractivity contribution < 1.29 is 4.74 Å². The molecule has 1 unspecified atom stereocenters. The molecule has 1 aromatic heterocycles. The molecule has 2 N–H and O–H groups in total. The first-order valence-electron chi connectivity index (χ1n) is 7.67. The third-order valence-electron chi connectivity index (χ3n) is 4.07. The quantitative estimate of drug-likeness (QED) is 0.848. The average molecular weight is 292 g/mol. The second-order valence-corrected chi connectivity index (χ2v) is 6.30. The molecule has 3 rings (SSSR count). The lowest BCUT2D eigenvalue weighted by atomic mass is 10.2. The number of nitrogens with one attached hydrogen (secondary N) is 2. The summed E-state index contributed by atoms with van der Waals surface area (Å²) in [5.74, 6) is 2.03. The molecule has 7 heteroatoms. The highest BCUT2D eigenvalue weighted by molar-refractivity contribution is 5.45. The fourth-order valence-corrected chi connectivity index (χ4v) is 2.44. The van der Waals surface area contributed by atoms with Crippen LogP contribution in [0.15, 0.2) is 0 Å². The maximum atomic E-state index is 5.39. The van der Waals surface area contributed by atoms with Crippen LogP contribution in [0.3, 0.4) is 0 Å².